The van der Waals surface area contributed by atoms with Crippen LogP contribution < -0.4 is 4.72 Å². The summed E-state index contributed by atoms with van der Waals surface area (Å²) in [5.74, 6) is 0. The van der Waals surface area contributed by atoms with Gasteiger partial charge in [-0.1, -0.05) is 17.3 Å². The Morgan fingerprint density at radius 3 is 2.62 bits per heavy atom. The summed E-state index contributed by atoms with van der Waals surface area (Å²) in [7, 11) is -3.60. The van der Waals surface area contributed by atoms with E-state index in [9.17, 15) is 8.42 Å². The van der Waals surface area contributed by atoms with Crippen molar-refractivity contribution in [1.29, 1.82) is 0 Å². The van der Waals surface area contributed by atoms with Gasteiger partial charge in [0.25, 0.3) is 0 Å². The van der Waals surface area contributed by atoms with Crippen LogP contribution >= 0.6 is 0 Å². The van der Waals surface area contributed by atoms with Crippen LogP contribution in [0.4, 0.5) is 0 Å². The average Bonchev–Trinajstić information content (AvgIpc) is 3.05. The van der Waals surface area contributed by atoms with E-state index in [2.05, 4.69) is 20.0 Å². The molecule has 24 heavy (non-hydrogen) atoms. The summed E-state index contributed by atoms with van der Waals surface area (Å²) in [4.78, 5) is 4.22. The van der Waals surface area contributed by atoms with Crippen molar-refractivity contribution in [1.82, 2.24) is 24.7 Å². The Labute approximate surface area is 140 Å². The van der Waals surface area contributed by atoms with E-state index in [1.165, 1.54) is 0 Å². The second-order valence-electron chi connectivity index (χ2n) is 5.45. The lowest BCUT2D eigenvalue weighted by Crippen LogP contribution is -2.24. The Bertz CT molecular complexity index is 952. The third-order valence-corrected chi connectivity index (χ3v) is 5.09. The molecule has 0 atom stereocenters. The third kappa shape index (κ3) is 3.50. The van der Waals surface area contributed by atoms with Crippen molar-refractivity contribution in [3.8, 4) is 5.69 Å². The molecule has 0 amide bonds. The number of rotatable bonds is 5. The van der Waals surface area contributed by atoms with Gasteiger partial charge in [0.05, 0.1) is 29.0 Å². The highest BCUT2D eigenvalue weighted by Crippen LogP contribution is 2.17. The molecular weight excluding hydrogens is 326 g/mol. The molecule has 0 radical (unpaired) electrons. The van der Waals surface area contributed by atoms with Crippen molar-refractivity contribution < 1.29 is 8.42 Å². The van der Waals surface area contributed by atoms with E-state index in [-0.39, 0.29) is 11.4 Å². The van der Waals surface area contributed by atoms with E-state index in [1.807, 2.05) is 13.0 Å². The van der Waals surface area contributed by atoms with Gasteiger partial charge in [0.15, 0.2) is 0 Å². The molecule has 0 saturated heterocycles. The largest absolute Gasteiger partial charge is 0.265 e. The van der Waals surface area contributed by atoms with Gasteiger partial charge in [-0.05, 0) is 43.2 Å². The predicted molar refractivity (Wildman–Crippen MR) is 89.1 cm³/mol. The van der Waals surface area contributed by atoms with Crippen LogP contribution in [-0.4, -0.2) is 28.4 Å². The van der Waals surface area contributed by atoms with Gasteiger partial charge in [-0.2, -0.15) is 0 Å². The Balaban J connectivity index is 1.76. The molecule has 3 aromatic rings. The Morgan fingerprint density at radius 1 is 1.12 bits per heavy atom. The molecular formula is C16H17N5O2S. The Hall–Kier alpha value is -2.58. The van der Waals surface area contributed by atoms with E-state index < -0.39 is 10.0 Å². The minimum absolute atomic E-state index is 0.0702. The van der Waals surface area contributed by atoms with E-state index in [4.69, 9.17) is 0 Å². The zero-order valence-electron chi connectivity index (χ0n) is 13.3. The fraction of sp³-hybridized carbons (Fsp3) is 0.188. The van der Waals surface area contributed by atoms with E-state index in [0.717, 1.165) is 11.3 Å². The van der Waals surface area contributed by atoms with Crippen LogP contribution in [0, 0.1) is 13.8 Å². The SMILES string of the molecule is Cc1ccc(C)c(S(=O)(=O)NCc2cn(-c3ccncc3)nn2)c1. The van der Waals surface area contributed by atoms with Crippen LogP contribution in [0.2, 0.25) is 0 Å². The molecule has 1 aromatic carbocycles. The molecule has 0 unspecified atom stereocenters. The van der Waals surface area contributed by atoms with Gasteiger partial charge in [-0.15, -0.1) is 5.10 Å². The number of aryl methyl sites for hydroxylation is 2. The quantitative estimate of drug-likeness (QED) is 0.762. The van der Waals surface area contributed by atoms with Crippen molar-refractivity contribution >= 4 is 10.0 Å². The number of hydrogen-bond donors (Lipinski definition) is 1. The topological polar surface area (TPSA) is 89.8 Å². The van der Waals surface area contributed by atoms with Gasteiger partial charge in [-0.25, -0.2) is 17.8 Å². The fourth-order valence-electron chi connectivity index (χ4n) is 2.25. The average molecular weight is 343 g/mol. The molecule has 0 spiro atoms. The van der Waals surface area contributed by atoms with Crippen LogP contribution in [0.5, 0.6) is 0 Å². The van der Waals surface area contributed by atoms with Gasteiger partial charge in [0, 0.05) is 12.4 Å². The molecule has 3 rings (SSSR count). The molecule has 0 saturated carbocycles. The maximum Gasteiger partial charge on any atom is 0.241 e. The molecule has 0 bridgehead atoms. The number of nitrogens with one attached hydrogen (secondary N) is 1. The molecule has 0 aliphatic carbocycles. The summed E-state index contributed by atoms with van der Waals surface area (Å²) in [5.41, 5.74) is 2.93. The number of pyridine rings is 1. The number of aromatic nitrogens is 4. The highest BCUT2D eigenvalue weighted by Gasteiger charge is 2.17. The van der Waals surface area contributed by atoms with Crippen molar-refractivity contribution in [2.75, 3.05) is 0 Å². The lowest BCUT2D eigenvalue weighted by Gasteiger charge is -2.09. The summed E-state index contributed by atoms with van der Waals surface area (Å²) >= 11 is 0. The highest BCUT2D eigenvalue weighted by atomic mass is 32.2. The predicted octanol–water partition coefficient (Wildman–Crippen LogP) is 1.76. The monoisotopic (exact) mass is 343 g/mol. The van der Waals surface area contributed by atoms with Gasteiger partial charge >= 0.3 is 0 Å². The van der Waals surface area contributed by atoms with Crippen molar-refractivity contribution in [3.63, 3.8) is 0 Å². The fourth-order valence-corrected chi connectivity index (χ4v) is 3.57. The maximum absolute atomic E-state index is 12.5. The molecule has 2 aromatic heterocycles. The minimum atomic E-state index is -3.60. The third-order valence-electron chi connectivity index (χ3n) is 3.54. The lowest BCUT2D eigenvalue weighted by molar-refractivity contribution is 0.579. The summed E-state index contributed by atoms with van der Waals surface area (Å²) in [5, 5.41) is 7.99. The normalized spacial score (nSPS) is 11.6. The molecule has 8 heteroatoms. The van der Waals surface area contributed by atoms with Crippen LogP contribution in [0.1, 0.15) is 16.8 Å². The standard InChI is InChI=1S/C16H17N5O2S/c1-12-3-4-13(2)16(9-12)24(22,23)18-10-14-11-21(20-19-14)15-5-7-17-8-6-15/h3-9,11,18H,10H2,1-2H3. The summed E-state index contributed by atoms with van der Waals surface area (Å²) in [6.45, 7) is 3.70. The molecule has 0 fully saturated rings. The number of nitrogens with zero attached hydrogens (tertiary/aromatic N) is 4. The minimum Gasteiger partial charge on any atom is -0.265 e. The first kappa shape index (κ1) is 16.3. The number of sulfonamides is 1. The van der Waals surface area contributed by atoms with Gasteiger partial charge in [-0.3, -0.25) is 4.98 Å². The van der Waals surface area contributed by atoms with Crippen LogP contribution in [0.3, 0.4) is 0 Å². The molecule has 1 N–H and O–H groups in total. The van der Waals surface area contributed by atoms with Gasteiger partial charge in [0.2, 0.25) is 10.0 Å². The zero-order chi connectivity index (χ0) is 17.2. The van der Waals surface area contributed by atoms with E-state index in [0.29, 0.717) is 11.3 Å². The highest BCUT2D eigenvalue weighted by molar-refractivity contribution is 7.89. The Morgan fingerprint density at radius 2 is 1.88 bits per heavy atom. The smallest absolute Gasteiger partial charge is 0.241 e. The van der Waals surface area contributed by atoms with Crippen LogP contribution in [0.25, 0.3) is 5.69 Å². The number of hydrogen-bond acceptors (Lipinski definition) is 5. The summed E-state index contributed by atoms with van der Waals surface area (Å²) < 4.78 is 29.1. The molecule has 2 heterocycles. The van der Waals surface area contributed by atoms with Crippen molar-refractivity contribution in [3.05, 3.63) is 65.7 Å². The first-order valence-electron chi connectivity index (χ1n) is 7.34. The first-order chi connectivity index (χ1) is 11.5. The maximum atomic E-state index is 12.5. The summed E-state index contributed by atoms with van der Waals surface area (Å²) in [6, 6.07) is 8.92. The number of benzene rings is 1. The van der Waals surface area contributed by atoms with Crippen LogP contribution in [-0.2, 0) is 16.6 Å². The second kappa shape index (κ2) is 6.50. The summed E-state index contributed by atoms with van der Waals surface area (Å²) in [6.07, 6.45) is 4.99. The van der Waals surface area contributed by atoms with Crippen molar-refractivity contribution in [2.45, 2.75) is 25.3 Å². The molecule has 124 valence electrons. The van der Waals surface area contributed by atoms with Crippen LogP contribution in [0.15, 0.2) is 53.8 Å². The van der Waals surface area contributed by atoms with Gasteiger partial charge < -0.3 is 0 Å². The Kier molecular flexibility index (Phi) is 4.41. The van der Waals surface area contributed by atoms with Crippen molar-refractivity contribution in [2.24, 2.45) is 0 Å². The van der Waals surface area contributed by atoms with Gasteiger partial charge in [0.1, 0.15) is 0 Å². The molecule has 7 nitrogen and oxygen atoms in total. The second-order valence-corrected chi connectivity index (χ2v) is 7.19. The molecule has 0 aliphatic heterocycles. The molecule has 0 aliphatic rings. The first-order valence-corrected chi connectivity index (χ1v) is 8.82. The lowest BCUT2D eigenvalue weighted by atomic mass is 10.2. The van der Waals surface area contributed by atoms with E-state index in [1.54, 1.807) is 54.5 Å². The zero-order valence-corrected chi connectivity index (χ0v) is 14.2. The van der Waals surface area contributed by atoms with E-state index >= 15 is 0 Å².